The van der Waals surface area contributed by atoms with E-state index in [4.69, 9.17) is 10.8 Å². The number of benzene rings is 1. The lowest BCUT2D eigenvalue weighted by Gasteiger charge is -2.22. The summed E-state index contributed by atoms with van der Waals surface area (Å²) in [7, 11) is 0. The van der Waals surface area contributed by atoms with Crippen LogP contribution in [0.4, 0.5) is 5.82 Å². The Morgan fingerprint density at radius 3 is 2.89 bits per heavy atom. The van der Waals surface area contributed by atoms with Gasteiger partial charge in [-0.25, -0.2) is 14.6 Å². The Balaban J connectivity index is 1.64. The number of hydrogen-bond donors (Lipinski definition) is 2. The van der Waals surface area contributed by atoms with Crippen LogP contribution in [-0.4, -0.2) is 37.8 Å². The zero-order valence-corrected chi connectivity index (χ0v) is 15.0. The predicted molar refractivity (Wildman–Crippen MR) is 106 cm³/mol. The molecule has 0 unspecified atom stereocenters. The number of pyridine rings is 1. The Morgan fingerprint density at radius 1 is 1.11 bits per heavy atom. The highest BCUT2D eigenvalue weighted by Crippen LogP contribution is 2.32. The van der Waals surface area contributed by atoms with Crippen molar-refractivity contribution >= 4 is 27.8 Å². The number of nitrogens with zero attached hydrogens (tertiary/aromatic N) is 5. The minimum absolute atomic E-state index is 0.470. The number of anilines is 1. The molecule has 4 aromatic rings. The first-order valence-corrected chi connectivity index (χ1v) is 9.32. The topological polar surface area (TPSA) is 94.5 Å². The molecule has 3 N–H and O–H groups in total. The summed E-state index contributed by atoms with van der Waals surface area (Å²) in [4.78, 5) is 13.1. The van der Waals surface area contributed by atoms with E-state index in [1.165, 1.54) is 6.33 Å². The standard InChI is InChI=1S/C20H21N7/c21-19-17-18(15-3-4-16-14(10-15)2-1-7-23-16)26-27(20(17)25-12-24-19)11-13-5-8-22-9-6-13/h1-4,7,10,12-13,22H,5-6,8-9,11H2,(H2,21,24,25). The largest absolute Gasteiger partial charge is 0.383 e. The van der Waals surface area contributed by atoms with Gasteiger partial charge >= 0.3 is 0 Å². The zero-order valence-electron chi connectivity index (χ0n) is 15.0. The van der Waals surface area contributed by atoms with E-state index in [0.717, 1.165) is 65.7 Å². The minimum atomic E-state index is 0.470. The van der Waals surface area contributed by atoms with Crippen molar-refractivity contribution < 1.29 is 0 Å². The minimum Gasteiger partial charge on any atom is -0.383 e. The van der Waals surface area contributed by atoms with Gasteiger partial charge in [0.05, 0.1) is 10.9 Å². The molecule has 1 aliphatic rings. The SMILES string of the molecule is Nc1ncnc2c1c(-c1ccc3ncccc3c1)nn2CC1CCNCC1. The lowest BCUT2D eigenvalue weighted by Crippen LogP contribution is -2.30. The highest BCUT2D eigenvalue weighted by atomic mass is 15.3. The van der Waals surface area contributed by atoms with Crippen LogP contribution in [0.3, 0.4) is 0 Å². The molecule has 0 bridgehead atoms. The van der Waals surface area contributed by atoms with E-state index in [-0.39, 0.29) is 0 Å². The van der Waals surface area contributed by atoms with Crippen LogP contribution in [0, 0.1) is 5.92 Å². The second-order valence-corrected chi connectivity index (χ2v) is 7.09. The molecule has 136 valence electrons. The first kappa shape index (κ1) is 16.1. The molecule has 1 aromatic carbocycles. The molecule has 0 radical (unpaired) electrons. The molecule has 4 heterocycles. The summed E-state index contributed by atoms with van der Waals surface area (Å²) in [5.41, 5.74) is 9.84. The first-order valence-electron chi connectivity index (χ1n) is 9.32. The molecule has 0 spiro atoms. The van der Waals surface area contributed by atoms with Crippen molar-refractivity contribution in [2.24, 2.45) is 5.92 Å². The second-order valence-electron chi connectivity index (χ2n) is 7.09. The first-order chi connectivity index (χ1) is 13.3. The van der Waals surface area contributed by atoms with Crippen LogP contribution in [0.1, 0.15) is 12.8 Å². The summed E-state index contributed by atoms with van der Waals surface area (Å²) in [5, 5.41) is 10.2. The Labute approximate surface area is 156 Å². The molecular weight excluding hydrogens is 338 g/mol. The van der Waals surface area contributed by atoms with Crippen LogP contribution in [0.25, 0.3) is 33.2 Å². The summed E-state index contributed by atoms with van der Waals surface area (Å²) >= 11 is 0. The quantitative estimate of drug-likeness (QED) is 0.584. The van der Waals surface area contributed by atoms with Crippen LogP contribution < -0.4 is 11.1 Å². The number of nitrogens with one attached hydrogen (secondary N) is 1. The van der Waals surface area contributed by atoms with Gasteiger partial charge in [0, 0.05) is 23.7 Å². The van der Waals surface area contributed by atoms with Gasteiger partial charge in [-0.15, -0.1) is 0 Å². The fourth-order valence-electron chi connectivity index (χ4n) is 3.89. The van der Waals surface area contributed by atoms with Crippen LogP contribution in [0.5, 0.6) is 0 Å². The summed E-state index contributed by atoms with van der Waals surface area (Å²) in [6.07, 6.45) is 5.63. The van der Waals surface area contributed by atoms with Gasteiger partial charge in [-0.05, 0) is 50.0 Å². The maximum Gasteiger partial charge on any atom is 0.163 e. The molecule has 1 aliphatic heterocycles. The Hall–Kier alpha value is -3.06. The van der Waals surface area contributed by atoms with Crippen LogP contribution in [0.2, 0.25) is 0 Å². The van der Waals surface area contributed by atoms with Crippen molar-refractivity contribution in [3.05, 3.63) is 42.9 Å². The number of nitrogen functional groups attached to an aromatic ring is 1. The fourth-order valence-corrected chi connectivity index (χ4v) is 3.89. The van der Waals surface area contributed by atoms with Gasteiger partial charge in [-0.3, -0.25) is 4.98 Å². The fraction of sp³-hybridized carbons (Fsp3) is 0.300. The van der Waals surface area contributed by atoms with Gasteiger partial charge in [-0.2, -0.15) is 5.10 Å². The number of piperidine rings is 1. The third-order valence-corrected chi connectivity index (χ3v) is 5.32. The molecule has 7 nitrogen and oxygen atoms in total. The molecule has 0 atom stereocenters. The summed E-state index contributed by atoms with van der Waals surface area (Å²) < 4.78 is 2.01. The number of rotatable bonds is 3. The van der Waals surface area contributed by atoms with E-state index >= 15 is 0 Å². The smallest absolute Gasteiger partial charge is 0.163 e. The van der Waals surface area contributed by atoms with Gasteiger partial charge in [0.25, 0.3) is 0 Å². The van der Waals surface area contributed by atoms with Crippen molar-refractivity contribution in [2.45, 2.75) is 19.4 Å². The third kappa shape index (κ3) is 2.90. The van der Waals surface area contributed by atoms with Crippen molar-refractivity contribution in [1.29, 1.82) is 0 Å². The van der Waals surface area contributed by atoms with Crippen molar-refractivity contribution in [3.63, 3.8) is 0 Å². The lowest BCUT2D eigenvalue weighted by molar-refractivity contribution is 0.325. The highest BCUT2D eigenvalue weighted by Gasteiger charge is 2.20. The Bertz CT molecular complexity index is 1110. The number of aromatic nitrogens is 5. The zero-order chi connectivity index (χ0) is 18.2. The number of nitrogens with two attached hydrogens (primary N) is 1. The van der Waals surface area contributed by atoms with E-state index in [2.05, 4.69) is 32.4 Å². The molecule has 0 amide bonds. The molecule has 3 aromatic heterocycles. The van der Waals surface area contributed by atoms with E-state index in [0.29, 0.717) is 11.7 Å². The van der Waals surface area contributed by atoms with E-state index in [1.807, 2.05) is 22.9 Å². The summed E-state index contributed by atoms with van der Waals surface area (Å²) in [6, 6.07) is 10.2. The van der Waals surface area contributed by atoms with Gasteiger partial charge in [0.1, 0.15) is 17.8 Å². The predicted octanol–water partition coefficient (Wildman–Crippen LogP) is 2.62. The molecule has 5 rings (SSSR count). The number of fused-ring (bicyclic) bond motifs is 2. The van der Waals surface area contributed by atoms with E-state index in [9.17, 15) is 0 Å². The molecule has 27 heavy (non-hydrogen) atoms. The Kier molecular flexibility index (Phi) is 3.94. The summed E-state index contributed by atoms with van der Waals surface area (Å²) in [5.74, 6) is 1.07. The maximum atomic E-state index is 6.23. The van der Waals surface area contributed by atoms with Crippen LogP contribution in [-0.2, 0) is 6.54 Å². The van der Waals surface area contributed by atoms with Crippen molar-refractivity contribution in [1.82, 2.24) is 30.0 Å². The van der Waals surface area contributed by atoms with Crippen LogP contribution in [0.15, 0.2) is 42.9 Å². The third-order valence-electron chi connectivity index (χ3n) is 5.32. The highest BCUT2D eigenvalue weighted by molar-refractivity contribution is 5.99. The van der Waals surface area contributed by atoms with Gasteiger partial charge in [0.2, 0.25) is 0 Å². The molecule has 0 saturated carbocycles. The van der Waals surface area contributed by atoms with Crippen molar-refractivity contribution in [3.8, 4) is 11.3 Å². The van der Waals surface area contributed by atoms with Gasteiger partial charge < -0.3 is 11.1 Å². The second kappa shape index (κ2) is 6.59. The van der Waals surface area contributed by atoms with E-state index < -0.39 is 0 Å². The Morgan fingerprint density at radius 2 is 2.00 bits per heavy atom. The number of hydrogen-bond acceptors (Lipinski definition) is 6. The van der Waals surface area contributed by atoms with Gasteiger partial charge in [0.15, 0.2) is 5.65 Å². The van der Waals surface area contributed by atoms with Crippen LogP contribution >= 0.6 is 0 Å². The summed E-state index contributed by atoms with van der Waals surface area (Å²) in [6.45, 7) is 2.97. The molecule has 7 heteroatoms. The van der Waals surface area contributed by atoms with E-state index in [1.54, 1.807) is 6.20 Å². The lowest BCUT2D eigenvalue weighted by atomic mass is 9.98. The molecule has 1 saturated heterocycles. The van der Waals surface area contributed by atoms with Gasteiger partial charge in [-0.1, -0.05) is 12.1 Å². The maximum absolute atomic E-state index is 6.23. The monoisotopic (exact) mass is 359 g/mol. The average molecular weight is 359 g/mol. The normalized spacial score (nSPS) is 15.6. The molecular formula is C20H21N7. The molecule has 1 fully saturated rings. The molecule has 0 aliphatic carbocycles. The average Bonchev–Trinajstić information content (AvgIpc) is 3.08. The van der Waals surface area contributed by atoms with Crippen molar-refractivity contribution in [2.75, 3.05) is 18.8 Å².